The van der Waals surface area contributed by atoms with Crippen molar-refractivity contribution in [3.63, 3.8) is 0 Å². The summed E-state index contributed by atoms with van der Waals surface area (Å²) >= 11 is 0. The second-order valence-electron chi connectivity index (χ2n) is 6.11. The second kappa shape index (κ2) is 6.35. The van der Waals surface area contributed by atoms with Crippen LogP contribution in [-0.4, -0.2) is 30.8 Å². The van der Waals surface area contributed by atoms with Crippen molar-refractivity contribution >= 4 is 5.97 Å². The molecule has 5 nitrogen and oxygen atoms in total. The Morgan fingerprint density at radius 2 is 2.14 bits per heavy atom. The Hall–Kier alpha value is -1.75. The van der Waals surface area contributed by atoms with Gasteiger partial charge in [0.1, 0.15) is 18.1 Å². The molecule has 1 aliphatic carbocycles. The van der Waals surface area contributed by atoms with E-state index >= 15 is 0 Å². The highest BCUT2D eigenvalue weighted by Crippen LogP contribution is 2.28. The van der Waals surface area contributed by atoms with Gasteiger partial charge in [-0.05, 0) is 44.9 Å². The van der Waals surface area contributed by atoms with Crippen molar-refractivity contribution in [1.29, 1.82) is 0 Å². The Labute approximate surface area is 125 Å². The van der Waals surface area contributed by atoms with Crippen molar-refractivity contribution in [3.8, 4) is 11.5 Å². The van der Waals surface area contributed by atoms with Gasteiger partial charge in [-0.3, -0.25) is 4.79 Å². The molecule has 0 atom stereocenters. The molecule has 5 heteroatoms. The van der Waals surface area contributed by atoms with Gasteiger partial charge in [-0.1, -0.05) is 0 Å². The molecule has 0 aromatic heterocycles. The molecule has 2 rings (SSSR count). The van der Waals surface area contributed by atoms with Crippen molar-refractivity contribution in [2.45, 2.75) is 39.3 Å². The molecule has 1 aliphatic rings. The number of hydrogen-bond acceptors (Lipinski definition) is 4. The summed E-state index contributed by atoms with van der Waals surface area (Å²) in [5, 5.41) is 12.6. The lowest BCUT2D eigenvalue weighted by Crippen LogP contribution is -2.31. The average molecular weight is 293 g/mol. The minimum absolute atomic E-state index is 0.130. The number of carbonyl (C=O) groups is 1. The average Bonchev–Trinajstić information content (AvgIpc) is 3.27. The number of carboxylic acid groups (broad SMARTS) is 1. The van der Waals surface area contributed by atoms with Crippen LogP contribution in [0, 0.1) is 5.41 Å². The quantitative estimate of drug-likeness (QED) is 0.770. The van der Waals surface area contributed by atoms with Gasteiger partial charge in [-0.25, -0.2) is 0 Å². The number of carboxylic acids is 1. The van der Waals surface area contributed by atoms with Crippen LogP contribution < -0.4 is 14.8 Å². The summed E-state index contributed by atoms with van der Waals surface area (Å²) in [5.41, 5.74) is 0.0728. The first-order valence-corrected chi connectivity index (χ1v) is 7.19. The zero-order valence-corrected chi connectivity index (χ0v) is 12.8. The molecule has 0 aliphatic heterocycles. The van der Waals surface area contributed by atoms with Crippen LogP contribution in [0.5, 0.6) is 11.5 Å². The number of benzene rings is 1. The molecule has 116 valence electrons. The molecule has 0 amide bonds. The molecule has 1 saturated carbocycles. The second-order valence-corrected chi connectivity index (χ2v) is 6.11. The number of nitrogens with one attached hydrogen (secondary N) is 1. The lowest BCUT2D eigenvalue weighted by atomic mass is 9.95. The van der Waals surface area contributed by atoms with Crippen LogP contribution in [0.3, 0.4) is 0 Å². The van der Waals surface area contributed by atoms with Crippen LogP contribution in [-0.2, 0) is 11.3 Å². The van der Waals surface area contributed by atoms with E-state index < -0.39 is 11.4 Å². The minimum atomic E-state index is -0.916. The maximum absolute atomic E-state index is 11.1. The van der Waals surface area contributed by atoms with Gasteiger partial charge in [0.05, 0.1) is 12.5 Å². The van der Waals surface area contributed by atoms with E-state index in [0.29, 0.717) is 18.3 Å². The summed E-state index contributed by atoms with van der Waals surface area (Å²) in [6.07, 6.45) is 2.43. The highest BCUT2D eigenvalue weighted by Gasteiger charge is 2.28. The summed E-state index contributed by atoms with van der Waals surface area (Å²) in [6.45, 7) is 4.14. The van der Waals surface area contributed by atoms with E-state index in [2.05, 4.69) is 5.32 Å². The summed E-state index contributed by atoms with van der Waals surface area (Å²) in [7, 11) is 1.63. The summed E-state index contributed by atoms with van der Waals surface area (Å²) in [6, 6.07) is 6.18. The molecule has 1 aromatic carbocycles. The molecular weight excluding hydrogens is 270 g/mol. The van der Waals surface area contributed by atoms with Gasteiger partial charge in [0.15, 0.2) is 0 Å². The smallest absolute Gasteiger partial charge is 0.312 e. The fourth-order valence-corrected chi connectivity index (χ4v) is 1.82. The fourth-order valence-electron chi connectivity index (χ4n) is 1.82. The van der Waals surface area contributed by atoms with Crippen molar-refractivity contribution in [3.05, 3.63) is 23.8 Å². The number of methoxy groups -OCH3 is 1. The van der Waals surface area contributed by atoms with Gasteiger partial charge in [0.25, 0.3) is 0 Å². The molecular formula is C16H23NO4. The lowest BCUT2D eigenvalue weighted by Gasteiger charge is -2.21. The van der Waals surface area contributed by atoms with E-state index in [0.717, 1.165) is 11.3 Å². The Morgan fingerprint density at radius 3 is 2.71 bits per heavy atom. The van der Waals surface area contributed by atoms with Crippen molar-refractivity contribution in [2.75, 3.05) is 13.7 Å². The van der Waals surface area contributed by atoms with Gasteiger partial charge >= 0.3 is 5.97 Å². The third-order valence-corrected chi connectivity index (χ3v) is 3.59. The zero-order valence-electron chi connectivity index (χ0n) is 12.8. The summed E-state index contributed by atoms with van der Waals surface area (Å²) in [5.74, 6) is 0.611. The molecule has 21 heavy (non-hydrogen) atoms. The molecule has 0 spiro atoms. The van der Waals surface area contributed by atoms with Crippen LogP contribution >= 0.6 is 0 Å². The minimum Gasteiger partial charge on any atom is -0.497 e. The lowest BCUT2D eigenvalue weighted by molar-refractivity contribution is -0.148. The molecule has 0 bridgehead atoms. The standard InChI is InChI=1S/C16H23NO4/c1-16(2,15(18)19)10-21-14-7-6-13(20-3)8-11(14)9-17-12-4-5-12/h6-8,12,17H,4-5,9-10H2,1-3H3,(H,18,19). The summed E-state index contributed by atoms with van der Waals surface area (Å²) in [4.78, 5) is 11.1. The Morgan fingerprint density at radius 1 is 1.43 bits per heavy atom. The van der Waals surface area contributed by atoms with Crippen LogP contribution in [0.4, 0.5) is 0 Å². The largest absolute Gasteiger partial charge is 0.497 e. The molecule has 0 radical (unpaired) electrons. The molecule has 0 heterocycles. The van der Waals surface area contributed by atoms with Gasteiger partial charge < -0.3 is 19.9 Å². The van der Waals surface area contributed by atoms with E-state index in [1.165, 1.54) is 12.8 Å². The van der Waals surface area contributed by atoms with Crippen molar-refractivity contribution in [1.82, 2.24) is 5.32 Å². The topological polar surface area (TPSA) is 67.8 Å². The number of ether oxygens (including phenoxy) is 2. The number of rotatable bonds is 8. The van der Waals surface area contributed by atoms with E-state index in [4.69, 9.17) is 14.6 Å². The molecule has 2 N–H and O–H groups in total. The maximum atomic E-state index is 11.1. The number of hydrogen-bond donors (Lipinski definition) is 2. The molecule has 0 saturated heterocycles. The third kappa shape index (κ3) is 4.36. The highest BCUT2D eigenvalue weighted by molar-refractivity contribution is 5.73. The Bertz CT molecular complexity index is 509. The third-order valence-electron chi connectivity index (χ3n) is 3.59. The van der Waals surface area contributed by atoms with E-state index in [-0.39, 0.29) is 6.61 Å². The zero-order chi connectivity index (χ0) is 15.5. The van der Waals surface area contributed by atoms with Crippen LogP contribution in [0.1, 0.15) is 32.3 Å². The fraction of sp³-hybridized carbons (Fsp3) is 0.562. The monoisotopic (exact) mass is 293 g/mol. The van der Waals surface area contributed by atoms with Gasteiger partial charge in [-0.15, -0.1) is 0 Å². The van der Waals surface area contributed by atoms with Crippen LogP contribution in [0.15, 0.2) is 18.2 Å². The van der Waals surface area contributed by atoms with Crippen LogP contribution in [0.25, 0.3) is 0 Å². The molecule has 1 aromatic rings. The summed E-state index contributed by atoms with van der Waals surface area (Å²) < 4.78 is 11.0. The predicted octanol–water partition coefficient (Wildman–Crippen LogP) is 2.44. The van der Waals surface area contributed by atoms with Gasteiger partial charge in [0, 0.05) is 18.2 Å². The Balaban J connectivity index is 2.07. The van der Waals surface area contributed by atoms with E-state index in [1.807, 2.05) is 18.2 Å². The maximum Gasteiger partial charge on any atom is 0.312 e. The van der Waals surface area contributed by atoms with E-state index in [1.54, 1.807) is 21.0 Å². The van der Waals surface area contributed by atoms with Crippen LogP contribution in [0.2, 0.25) is 0 Å². The first kappa shape index (κ1) is 15.6. The Kier molecular flexibility index (Phi) is 4.73. The highest BCUT2D eigenvalue weighted by atomic mass is 16.5. The first-order chi connectivity index (χ1) is 9.92. The molecule has 0 unspecified atom stereocenters. The first-order valence-electron chi connectivity index (χ1n) is 7.19. The van der Waals surface area contributed by atoms with Gasteiger partial charge in [0.2, 0.25) is 0 Å². The molecule has 1 fully saturated rings. The van der Waals surface area contributed by atoms with E-state index in [9.17, 15) is 4.79 Å². The van der Waals surface area contributed by atoms with Crippen molar-refractivity contribution < 1.29 is 19.4 Å². The SMILES string of the molecule is COc1ccc(OCC(C)(C)C(=O)O)c(CNC2CC2)c1. The number of aliphatic carboxylic acids is 1. The van der Waals surface area contributed by atoms with Gasteiger partial charge in [-0.2, -0.15) is 0 Å². The predicted molar refractivity (Wildman–Crippen MR) is 79.8 cm³/mol. The normalized spacial score (nSPS) is 14.8. The van der Waals surface area contributed by atoms with Crippen molar-refractivity contribution in [2.24, 2.45) is 5.41 Å².